The van der Waals surface area contributed by atoms with Crippen LogP contribution < -0.4 is 10.7 Å². The molecule has 1 fully saturated rings. The third kappa shape index (κ3) is 3.17. The zero-order chi connectivity index (χ0) is 23.2. The van der Waals surface area contributed by atoms with Crippen molar-refractivity contribution < 1.29 is 14.4 Å². The van der Waals surface area contributed by atoms with E-state index in [9.17, 15) is 14.4 Å². The molecule has 0 bridgehead atoms. The summed E-state index contributed by atoms with van der Waals surface area (Å²) in [6.07, 6.45) is 0. The number of carbonyl (C=O) groups is 3. The maximum atomic E-state index is 13.7. The van der Waals surface area contributed by atoms with Crippen molar-refractivity contribution in [2.24, 2.45) is 0 Å². The highest BCUT2D eigenvalue weighted by molar-refractivity contribution is 6.11. The number of aromatic amines is 1. The van der Waals surface area contributed by atoms with E-state index in [4.69, 9.17) is 0 Å². The largest absolute Gasteiger partial charge is 0.358 e. The molecular weight excluding hydrogens is 416 g/mol. The lowest BCUT2D eigenvalue weighted by atomic mass is 9.83. The van der Waals surface area contributed by atoms with Gasteiger partial charge in [0.15, 0.2) is 5.54 Å². The van der Waals surface area contributed by atoms with Crippen molar-refractivity contribution >= 4 is 28.7 Å². The van der Waals surface area contributed by atoms with Crippen LogP contribution in [-0.4, -0.2) is 27.8 Å². The topological polar surface area (TPSA) is 94.3 Å². The Bertz CT molecular complexity index is 1350. The summed E-state index contributed by atoms with van der Waals surface area (Å²) in [7, 11) is 0. The van der Waals surface area contributed by atoms with E-state index in [0.717, 1.165) is 27.2 Å². The second-order valence-electron chi connectivity index (χ2n) is 8.13. The van der Waals surface area contributed by atoms with Crippen molar-refractivity contribution in [2.45, 2.75) is 19.4 Å². The van der Waals surface area contributed by atoms with Crippen molar-refractivity contribution in [3.05, 3.63) is 107 Å². The summed E-state index contributed by atoms with van der Waals surface area (Å²) in [5.41, 5.74) is 5.60. The number of nitrogens with zero attached hydrogens (tertiary/aromatic N) is 1. The van der Waals surface area contributed by atoms with E-state index >= 15 is 0 Å². The van der Waals surface area contributed by atoms with Gasteiger partial charge in [0.25, 0.3) is 11.8 Å². The average molecular weight is 438 g/mol. The zero-order valence-corrected chi connectivity index (χ0v) is 18.2. The van der Waals surface area contributed by atoms with Crippen LogP contribution in [0.3, 0.4) is 0 Å². The lowest BCUT2D eigenvalue weighted by molar-refractivity contribution is -0.131. The molecule has 0 radical (unpaired) electrons. The Morgan fingerprint density at radius 2 is 1.48 bits per heavy atom. The average Bonchev–Trinajstić information content (AvgIpc) is 3.27. The highest BCUT2D eigenvalue weighted by atomic mass is 16.2. The number of nitrogens with one attached hydrogen (secondary N) is 3. The second kappa shape index (κ2) is 7.63. The summed E-state index contributed by atoms with van der Waals surface area (Å²) in [6.45, 7) is 3.94. The van der Waals surface area contributed by atoms with E-state index in [1.165, 1.54) is 0 Å². The Balaban J connectivity index is 1.51. The molecule has 33 heavy (non-hydrogen) atoms. The van der Waals surface area contributed by atoms with Gasteiger partial charge in [-0.15, -0.1) is 0 Å². The minimum atomic E-state index is -1.44. The standard InChI is InChI=1S/C26H22N4O3/c1-16-17(2)27-22-14-13-18(15-21(16)22)23(31)29-30-24(32)26(28-25(30)33,19-9-5-3-6-10-19)20-11-7-4-8-12-20/h3-15,27H,1-2H3,(H,28,33)(H,29,31). The van der Waals surface area contributed by atoms with Crippen molar-refractivity contribution in [3.63, 3.8) is 0 Å². The number of benzene rings is 3. The van der Waals surface area contributed by atoms with E-state index in [1.807, 2.05) is 32.0 Å². The Hall–Kier alpha value is -4.39. The first-order valence-corrected chi connectivity index (χ1v) is 10.6. The van der Waals surface area contributed by atoms with Crippen molar-refractivity contribution in [1.82, 2.24) is 20.7 Å². The number of rotatable bonds is 4. The van der Waals surface area contributed by atoms with Crippen LogP contribution in [0.1, 0.15) is 32.7 Å². The summed E-state index contributed by atoms with van der Waals surface area (Å²) in [5, 5.41) is 4.50. The number of aryl methyl sites for hydroxylation is 2. The molecule has 0 aliphatic carbocycles. The summed E-state index contributed by atoms with van der Waals surface area (Å²) < 4.78 is 0. The molecule has 0 unspecified atom stereocenters. The molecule has 0 saturated carbocycles. The quantitative estimate of drug-likeness (QED) is 0.422. The number of hydrogen-bond donors (Lipinski definition) is 3. The molecule has 3 aromatic carbocycles. The van der Waals surface area contributed by atoms with Gasteiger partial charge in [0.2, 0.25) is 0 Å². The first-order valence-electron chi connectivity index (χ1n) is 10.6. The molecule has 164 valence electrons. The number of aromatic nitrogens is 1. The molecule has 7 heteroatoms. The molecule has 2 heterocycles. The number of H-pyrrole nitrogens is 1. The minimum Gasteiger partial charge on any atom is -0.358 e. The van der Waals surface area contributed by atoms with E-state index in [0.29, 0.717) is 16.7 Å². The lowest BCUT2D eigenvalue weighted by Crippen LogP contribution is -2.49. The van der Waals surface area contributed by atoms with Gasteiger partial charge in [-0.25, -0.2) is 4.79 Å². The molecular formula is C26H22N4O3. The maximum Gasteiger partial charge on any atom is 0.344 e. The van der Waals surface area contributed by atoms with Gasteiger partial charge in [-0.1, -0.05) is 60.7 Å². The zero-order valence-electron chi connectivity index (χ0n) is 18.2. The maximum absolute atomic E-state index is 13.7. The van der Waals surface area contributed by atoms with Crippen LogP contribution >= 0.6 is 0 Å². The van der Waals surface area contributed by atoms with Crippen LogP contribution in [0.25, 0.3) is 10.9 Å². The molecule has 0 spiro atoms. The summed E-state index contributed by atoms with van der Waals surface area (Å²) >= 11 is 0. The van der Waals surface area contributed by atoms with Crippen LogP contribution in [0.5, 0.6) is 0 Å². The van der Waals surface area contributed by atoms with Crippen molar-refractivity contribution in [1.29, 1.82) is 0 Å². The van der Waals surface area contributed by atoms with Crippen LogP contribution in [0.2, 0.25) is 0 Å². The predicted molar refractivity (Wildman–Crippen MR) is 124 cm³/mol. The first-order chi connectivity index (χ1) is 15.9. The van der Waals surface area contributed by atoms with Gasteiger partial charge in [-0.3, -0.25) is 15.0 Å². The molecule has 5 rings (SSSR count). The van der Waals surface area contributed by atoms with Gasteiger partial charge in [0.1, 0.15) is 0 Å². The monoisotopic (exact) mass is 438 g/mol. The summed E-state index contributed by atoms with van der Waals surface area (Å²) in [4.78, 5) is 43.0. The van der Waals surface area contributed by atoms with E-state index in [-0.39, 0.29) is 0 Å². The highest BCUT2D eigenvalue weighted by Crippen LogP contribution is 2.35. The molecule has 1 aliphatic heterocycles. The minimum absolute atomic E-state index is 0.349. The normalized spacial score (nSPS) is 15.0. The third-order valence-corrected chi connectivity index (χ3v) is 6.22. The molecule has 0 atom stereocenters. The van der Waals surface area contributed by atoms with Gasteiger partial charge in [-0.05, 0) is 48.7 Å². The van der Waals surface area contributed by atoms with Crippen molar-refractivity contribution in [3.8, 4) is 0 Å². The molecule has 1 aliphatic rings. The lowest BCUT2D eigenvalue weighted by Gasteiger charge is -2.27. The SMILES string of the molecule is Cc1[nH]c2ccc(C(=O)NN3C(=O)NC(c4ccccc4)(c4ccccc4)C3=O)cc2c1C. The third-order valence-electron chi connectivity index (χ3n) is 6.22. The summed E-state index contributed by atoms with van der Waals surface area (Å²) in [5.74, 6) is -1.12. The molecule has 1 saturated heterocycles. The smallest absolute Gasteiger partial charge is 0.344 e. The van der Waals surface area contributed by atoms with Gasteiger partial charge in [0.05, 0.1) is 0 Å². The van der Waals surface area contributed by atoms with Crippen LogP contribution in [-0.2, 0) is 10.3 Å². The van der Waals surface area contributed by atoms with E-state index < -0.39 is 23.4 Å². The Morgan fingerprint density at radius 1 is 0.879 bits per heavy atom. The van der Waals surface area contributed by atoms with Crippen LogP contribution in [0.15, 0.2) is 78.9 Å². The van der Waals surface area contributed by atoms with Gasteiger partial charge in [-0.2, -0.15) is 5.01 Å². The highest BCUT2D eigenvalue weighted by Gasteiger charge is 2.54. The number of imide groups is 1. The fourth-order valence-corrected chi connectivity index (χ4v) is 4.33. The number of amides is 4. The molecule has 1 aromatic heterocycles. The number of hydrazine groups is 1. The number of urea groups is 1. The van der Waals surface area contributed by atoms with Crippen LogP contribution in [0, 0.1) is 13.8 Å². The van der Waals surface area contributed by atoms with Crippen molar-refractivity contribution in [2.75, 3.05) is 0 Å². The fraction of sp³-hybridized carbons (Fsp3) is 0.115. The molecule has 4 aromatic rings. The van der Waals surface area contributed by atoms with Crippen LogP contribution in [0.4, 0.5) is 4.79 Å². The molecule has 3 N–H and O–H groups in total. The number of fused-ring (bicyclic) bond motifs is 1. The molecule has 4 amide bonds. The van der Waals surface area contributed by atoms with Gasteiger partial charge >= 0.3 is 6.03 Å². The Kier molecular flexibility index (Phi) is 4.74. The Morgan fingerprint density at radius 3 is 2.09 bits per heavy atom. The predicted octanol–water partition coefficient (Wildman–Crippen LogP) is 3.93. The van der Waals surface area contributed by atoms with E-state index in [2.05, 4.69) is 15.7 Å². The van der Waals surface area contributed by atoms with Gasteiger partial charge in [0, 0.05) is 22.2 Å². The van der Waals surface area contributed by atoms with Gasteiger partial charge < -0.3 is 10.3 Å². The first kappa shape index (κ1) is 20.5. The fourth-order valence-electron chi connectivity index (χ4n) is 4.33. The summed E-state index contributed by atoms with van der Waals surface area (Å²) in [6, 6.07) is 22.5. The number of carbonyl (C=O) groups excluding carboxylic acids is 3. The molecule has 7 nitrogen and oxygen atoms in total. The second-order valence-corrected chi connectivity index (χ2v) is 8.13. The number of hydrogen-bond acceptors (Lipinski definition) is 3. The Labute approximate surface area is 190 Å². The van der Waals surface area contributed by atoms with E-state index in [1.54, 1.807) is 60.7 Å².